The highest BCUT2D eigenvalue weighted by Gasteiger charge is 2.48. The van der Waals surface area contributed by atoms with Crippen LogP contribution in [-0.4, -0.2) is 30.3 Å². The van der Waals surface area contributed by atoms with Crippen LogP contribution in [0.1, 0.15) is 13.3 Å². The van der Waals surface area contributed by atoms with Crippen LogP contribution in [0.5, 0.6) is 5.75 Å². The monoisotopic (exact) mass is 261 g/mol. The van der Waals surface area contributed by atoms with Gasteiger partial charge in [-0.1, -0.05) is 13.0 Å². The number of aliphatic hydroxyl groups excluding tert-OH is 1. The Bertz CT molecular complexity index is 469. The van der Waals surface area contributed by atoms with E-state index in [4.69, 9.17) is 4.74 Å². The number of anilines is 1. The van der Waals surface area contributed by atoms with Gasteiger partial charge in [-0.2, -0.15) is 0 Å². The van der Waals surface area contributed by atoms with Crippen molar-refractivity contribution < 1.29 is 14.6 Å². The lowest BCUT2D eigenvalue weighted by Crippen LogP contribution is -2.65. The number of nitrogens with zero attached hydrogens (tertiary/aromatic N) is 1. The molecule has 1 amide bonds. The number of amides is 1. The highest BCUT2D eigenvalue weighted by Crippen LogP contribution is 2.35. The minimum Gasteiger partial charge on any atom is -0.497 e. The lowest BCUT2D eigenvalue weighted by atomic mass is 9.83. The van der Waals surface area contributed by atoms with Crippen molar-refractivity contribution in [3.05, 3.63) is 36.9 Å². The van der Waals surface area contributed by atoms with E-state index >= 15 is 0 Å². The molecule has 1 aliphatic heterocycles. The molecule has 1 saturated heterocycles. The molecule has 1 aromatic rings. The SMILES string of the molecule is C=CC[C@H](O)[C@@H]1[C@H](C)C(=O)N1c1ccc(OC)cc1. The van der Waals surface area contributed by atoms with Gasteiger partial charge in [-0.15, -0.1) is 6.58 Å². The average molecular weight is 261 g/mol. The first-order valence-electron chi connectivity index (χ1n) is 6.36. The zero-order valence-electron chi connectivity index (χ0n) is 11.2. The van der Waals surface area contributed by atoms with Crippen molar-refractivity contribution in [2.75, 3.05) is 12.0 Å². The maximum Gasteiger partial charge on any atom is 0.232 e. The van der Waals surface area contributed by atoms with Crippen molar-refractivity contribution in [1.82, 2.24) is 0 Å². The molecule has 0 saturated carbocycles. The van der Waals surface area contributed by atoms with Gasteiger partial charge in [0.2, 0.25) is 5.91 Å². The van der Waals surface area contributed by atoms with Crippen LogP contribution in [0, 0.1) is 5.92 Å². The third kappa shape index (κ3) is 2.36. The maximum atomic E-state index is 12.0. The number of aliphatic hydroxyl groups is 1. The molecule has 2 rings (SSSR count). The Hall–Kier alpha value is -1.81. The van der Waals surface area contributed by atoms with E-state index < -0.39 is 6.10 Å². The summed E-state index contributed by atoms with van der Waals surface area (Å²) in [6, 6.07) is 7.09. The van der Waals surface area contributed by atoms with E-state index in [1.165, 1.54) is 0 Å². The van der Waals surface area contributed by atoms with Crippen LogP contribution in [0.25, 0.3) is 0 Å². The molecular formula is C15H19NO3. The van der Waals surface area contributed by atoms with Gasteiger partial charge in [0, 0.05) is 5.69 Å². The lowest BCUT2D eigenvalue weighted by molar-refractivity contribution is -0.132. The van der Waals surface area contributed by atoms with Crippen molar-refractivity contribution in [2.24, 2.45) is 5.92 Å². The molecule has 0 bridgehead atoms. The van der Waals surface area contributed by atoms with Crippen LogP contribution < -0.4 is 9.64 Å². The Morgan fingerprint density at radius 1 is 1.47 bits per heavy atom. The summed E-state index contributed by atoms with van der Waals surface area (Å²) in [5.74, 6) is 0.628. The fourth-order valence-corrected chi connectivity index (χ4v) is 2.51. The lowest BCUT2D eigenvalue weighted by Gasteiger charge is -2.47. The average Bonchev–Trinajstić information content (AvgIpc) is 2.44. The maximum absolute atomic E-state index is 12.0. The van der Waals surface area contributed by atoms with Crippen molar-refractivity contribution >= 4 is 11.6 Å². The molecule has 3 atom stereocenters. The van der Waals surface area contributed by atoms with Gasteiger partial charge in [-0.3, -0.25) is 4.79 Å². The van der Waals surface area contributed by atoms with Gasteiger partial charge in [0.15, 0.2) is 0 Å². The number of benzene rings is 1. The zero-order valence-corrected chi connectivity index (χ0v) is 11.2. The molecule has 0 aromatic heterocycles. The first-order valence-corrected chi connectivity index (χ1v) is 6.36. The molecular weight excluding hydrogens is 242 g/mol. The summed E-state index contributed by atoms with van der Waals surface area (Å²) in [4.78, 5) is 13.6. The van der Waals surface area contributed by atoms with Crippen molar-refractivity contribution in [2.45, 2.75) is 25.5 Å². The molecule has 1 heterocycles. The Morgan fingerprint density at radius 3 is 2.63 bits per heavy atom. The summed E-state index contributed by atoms with van der Waals surface area (Å²) in [5.41, 5.74) is 0.789. The van der Waals surface area contributed by atoms with Crippen LogP contribution in [0.3, 0.4) is 0 Å². The van der Waals surface area contributed by atoms with Crippen molar-refractivity contribution in [3.8, 4) is 5.75 Å². The topological polar surface area (TPSA) is 49.8 Å². The number of β-lactam (4-membered cyclic amide) rings is 1. The predicted molar refractivity (Wildman–Crippen MR) is 74.3 cm³/mol. The number of carbonyl (C=O) groups is 1. The smallest absolute Gasteiger partial charge is 0.232 e. The number of hydrogen-bond donors (Lipinski definition) is 1. The van der Waals surface area contributed by atoms with Crippen molar-refractivity contribution in [3.63, 3.8) is 0 Å². The van der Waals surface area contributed by atoms with Gasteiger partial charge in [0.05, 0.1) is 25.2 Å². The van der Waals surface area contributed by atoms with Crippen LogP contribution in [-0.2, 0) is 4.79 Å². The normalized spacial score (nSPS) is 23.7. The number of methoxy groups -OCH3 is 1. The summed E-state index contributed by atoms with van der Waals surface area (Å²) in [6.07, 6.45) is 1.58. The third-order valence-electron chi connectivity index (χ3n) is 3.59. The first kappa shape index (κ1) is 13.6. The fraction of sp³-hybridized carbons (Fsp3) is 0.400. The van der Waals surface area contributed by atoms with E-state index in [0.717, 1.165) is 11.4 Å². The largest absolute Gasteiger partial charge is 0.497 e. The molecule has 4 heteroatoms. The van der Waals surface area contributed by atoms with Gasteiger partial charge in [-0.05, 0) is 30.7 Å². The minimum atomic E-state index is -0.577. The fourth-order valence-electron chi connectivity index (χ4n) is 2.51. The standard InChI is InChI=1S/C15H19NO3/c1-4-5-13(17)14-10(2)15(18)16(14)11-6-8-12(19-3)9-7-11/h4,6-10,13-14,17H,1,5H2,2-3H3/t10-,13-,14-/m0/s1. The molecule has 4 nitrogen and oxygen atoms in total. The molecule has 0 unspecified atom stereocenters. The Labute approximate surface area is 113 Å². The molecule has 0 spiro atoms. The summed E-state index contributed by atoms with van der Waals surface area (Å²) in [6.45, 7) is 5.47. The molecule has 0 aliphatic carbocycles. The Morgan fingerprint density at radius 2 is 2.11 bits per heavy atom. The van der Waals surface area contributed by atoms with E-state index in [1.807, 2.05) is 31.2 Å². The zero-order chi connectivity index (χ0) is 14.0. The minimum absolute atomic E-state index is 0.0401. The van der Waals surface area contributed by atoms with E-state index in [1.54, 1.807) is 18.1 Å². The summed E-state index contributed by atoms with van der Waals surface area (Å²) in [7, 11) is 1.60. The second-order valence-electron chi connectivity index (χ2n) is 4.78. The van der Waals surface area contributed by atoms with E-state index in [9.17, 15) is 9.90 Å². The van der Waals surface area contributed by atoms with Crippen LogP contribution >= 0.6 is 0 Å². The van der Waals surface area contributed by atoms with E-state index in [-0.39, 0.29) is 17.9 Å². The van der Waals surface area contributed by atoms with Crippen molar-refractivity contribution in [1.29, 1.82) is 0 Å². The molecule has 1 aliphatic rings. The molecule has 19 heavy (non-hydrogen) atoms. The predicted octanol–water partition coefficient (Wildman–Crippen LogP) is 1.98. The number of carbonyl (C=O) groups excluding carboxylic acids is 1. The van der Waals surface area contributed by atoms with E-state index in [2.05, 4.69) is 6.58 Å². The summed E-state index contributed by atoms with van der Waals surface area (Å²) < 4.78 is 5.10. The van der Waals surface area contributed by atoms with Gasteiger partial charge in [0.1, 0.15) is 5.75 Å². The second-order valence-corrected chi connectivity index (χ2v) is 4.78. The molecule has 1 N–H and O–H groups in total. The number of rotatable bonds is 5. The highest BCUT2D eigenvalue weighted by atomic mass is 16.5. The van der Waals surface area contributed by atoms with Crippen LogP contribution in [0.4, 0.5) is 5.69 Å². The van der Waals surface area contributed by atoms with Gasteiger partial charge in [-0.25, -0.2) is 0 Å². The third-order valence-corrected chi connectivity index (χ3v) is 3.59. The van der Waals surface area contributed by atoms with Crippen LogP contribution in [0.2, 0.25) is 0 Å². The van der Waals surface area contributed by atoms with E-state index in [0.29, 0.717) is 6.42 Å². The summed E-state index contributed by atoms with van der Waals surface area (Å²) in [5, 5.41) is 10.1. The summed E-state index contributed by atoms with van der Waals surface area (Å²) >= 11 is 0. The first-order chi connectivity index (χ1) is 9.10. The Kier molecular flexibility index (Phi) is 3.90. The molecule has 1 fully saturated rings. The molecule has 0 radical (unpaired) electrons. The number of ether oxygens (including phenoxy) is 1. The van der Waals surface area contributed by atoms with Crippen LogP contribution in [0.15, 0.2) is 36.9 Å². The highest BCUT2D eigenvalue weighted by molar-refractivity contribution is 6.02. The Balaban J connectivity index is 2.20. The van der Waals surface area contributed by atoms with Gasteiger partial charge in [0.25, 0.3) is 0 Å². The van der Waals surface area contributed by atoms with Gasteiger partial charge >= 0.3 is 0 Å². The number of hydrogen-bond acceptors (Lipinski definition) is 3. The molecule has 102 valence electrons. The second kappa shape index (κ2) is 5.45. The van der Waals surface area contributed by atoms with Gasteiger partial charge < -0.3 is 14.7 Å². The quantitative estimate of drug-likeness (QED) is 0.651. The molecule has 1 aromatic carbocycles.